The fourth-order valence-corrected chi connectivity index (χ4v) is 1.97. The molecular formula is C13H14N2O2. The first-order chi connectivity index (χ1) is 8.34. The van der Waals surface area contributed by atoms with Crippen LogP contribution < -0.4 is 10.6 Å². The molecule has 1 aromatic heterocycles. The number of nitrogens with one attached hydrogen (secondary N) is 2. The third kappa shape index (κ3) is 1.91. The van der Waals surface area contributed by atoms with Gasteiger partial charge in [-0.25, -0.2) is 0 Å². The topological polar surface area (TPSA) is 54.3 Å². The van der Waals surface area contributed by atoms with Crippen molar-refractivity contribution in [3.8, 4) is 0 Å². The number of fused-ring (bicyclic) bond motifs is 1. The van der Waals surface area contributed by atoms with Crippen molar-refractivity contribution in [3.63, 3.8) is 0 Å². The lowest BCUT2D eigenvalue weighted by Gasteiger charge is -2.25. The van der Waals surface area contributed by atoms with Crippen molar-refractivity contribution in [1.82, 2.24) is 10.6 Å². The summed E-state index contributed by atoms with van der Waals surface area (Å²) in [5, 5.41) is 7.09. The van der Waals surface area contributed by atoms with Gasteiger partial charge in [-0.1, -0.05) is 18.2 Å². The lowest BCUT2D eigenvalue weighted by molar-refractivity contribution is -0.126. The fourth-order valence-electron chi connectivity index (χ4n) is 1.97. The number of carbonyl (C=O) groups is 1. The maximum absolute atomic E-state index is 11.7. The Kier molecular flexibility index (Phi) is 2.57. The van der Waals surface area contributed by atoms with Gasteiger partial charge >= 0.3 is 0 Å². The Morgan fingerprint density at radius 1 is 1.41 bits per heavy atom. The molecule has 0 atom stereocenters. The molecule has 1 amide bonds. The van der Waals surface area contributed by atoms with Gasteiger partial charge in [0.1, 0.15) is 5.58 Å². The van der Waals surface area contributed by atoms with Crippen LogP contribution in [0.1, 0.15) is 5.56 Å². The minimum Gasteiger partial charge on any atom is -0.464 e. The summed E-state index contributed by atoms with van der Waals surface area (Å²) in [6.07, 6.45) is 1.71. The Hall–Kier alpha value is -1.81. The zero-order valence-corrected chi connectivity index (χ0v) is 9.40. The summed E-state index contributed by atoms with van der Waals surface area (Å²) in [4.78, 5) is 11.7. The molecule has 0 spiro atoms. The highest BCUT2D eigenvalue weighted by Gasteiger charge is 2.24. The number of carbonyl (C=O) groups excluding carboxylic acids is 1. The van der Waals surface area contributed by atoms with E-state index in [9.17, 15) is 4.79 Å². The van der Waals surface area contributed by atoms with Crippen molar-refractivity contribution in [2.45, 2.75) is 6.54 Å². The Balaban J connectivity index is 1.70. The molecule has 0 radical (unpaired) electrons. The third-order valence-electron chi connectivity index (χ3n) is 3.17. The second-order valence-electron chi connectivity index (χ2n) is 4.33. The van der Waals surface area contributed by atoms with Crippen molar-refractivity contribution >= 4 is 16.9 Å². The largest absolute Gasteiger partial charge is 0.464 e. The first-order valence-corrected chi connectivity index (χ1v) is 5.78. The molecule has 1 fully saturated rings. The second kappa shape index (κ2) is 4.22. The van der Waals surface area contributed by atoms with Gasteiger partial charge in [-0.3, -0.25) is 4.79 Å². The van der Waals surface area contributed by atoms with Crippen LogP contribution >= 0.6 is 0 Å². The van der Waals surface area contributed by atoms with Gasteiger partial charge in [0.2, 0.25) is 5.91 Å². The lowest BCUT2D eigenvalue weighted by atomic mass is 10.0. The van der Waals surface area contributed by atoms with E-state index in [0.717, 1.165) is 29.6 Å². The van der Waals surface area contributed by atoms with Crippen LogP contribution in [0.5, 0.6) is 0 Å². The van der Waals surface area contributed by atoms with E-state index in [4.69, 9.17) is 4.42 Å². The average Bonchev–Trinajstić information content (AvgIpc) is 2.67. The van der Waals surface area contributed by atoms with E-state index < -0.39 is 0 Å². The molecule has 4 nitrogen and oxygen atoms in total. The van der Waals surface area contributed by atoms with Crippen LogP contribution in [0, 0.1) is 5.92 Å². The number of furan rings is 1. The van der Waals surface area contributed by atoms with Gasteiger partial charge in [0, 0.05) is 30.6 Å². The Morgan fingerprint density at radius 2 is 2.24 bits per heavy atom. The normalized spacial score (nSPS) is 15.8. The van der Waals surface area contributed by atoms with E-state index in [1.165, 1.54) is 0 Å². The van der Waals surface area contributed by atoms with Crippen LogP contribution in [0.25, 0.3) is 11.0 Å². The third-order valence-corrected chi connectivity index (χ3v) is 3.17. The summed E-state index contributed by atoms with van der Waals surface area (Å²) < 4.78 is 5.42. The molecule has 0 bridgehead atoms. The number of hydrogen-bond donors (Lipinski definition) is 2. The second-order valence-corrected chi connectivity index (χ2v) is 4.33. The SMILES string of the molecule is O=C(NCc1coc2ccccc12)C1CNC1. The van der Waals surface area contributed by atoms with E-state index >= 15 is 0 Å². The van der Waals surface area contributed by atoms with Crippen LogP contribution in [0.4, 0.5) is 0 Å². The van der Waals surface area contributed by atoms with Crippen LogP contribution in [-0.2, 0) is 11.3 Å². The molecule has 3 rings (SSSR count). The standard InChI is InChI=1S/C13H14N2O2/c16-13(9-5-14-6-9)15-7-10-8-17-12-4-2-1-3-11(10)12/h1-4,8-9,14H,5-7H2,(H,15,16). The lowest BCUT2D eigenvalue weighted by Crippen LogP contribution is -2.50. The van der Waals surface area contributed by atoms with E-state index in [2.05, 4.69) is 10.6 Å². The quantitative estimate of drug-likeness (QED) is 0.834. The maximum atomic E-state index is 11.7. The van der Waals surface area contributed by atoms with Crippen molar-refractivity contribution in [3.05, 3.63) is 36.1 Å². The number of benzene rings is 1. The van der Waals surface area contributed by atoms with Crippen LogP contribution in [0.15, 0.2) is 34.9 Å². The molecule has 88 valence electrons. The summed E-state index contributed by atoms with van der Waals surface area (Å²) in [6.45, 7) is 2.11. The van der Waals surface area contributed by atoms with Crippen LogP contribution in [0.2, 0.25) is 0 Å². The molecule has 0 saturated carbocycles. The molecule has 1 aromatic carbocycles. The molecule has 1 saturated heterocycles. The van der Waals surface area contributed by atoms with E-state index in [1.807, 2.05) is 24.3 Å². The van der Waals surface area contributed by atoms with Crippen molar-refractivity contribution in [2.24, 2.45) is 5.92 Å². The number of amides is 1. The average molecular weight is 230 g/mol. The first kappa shape index (κ1) is 10.4. The minimum absolute atomic E-state index is 0.119. The minimum atomic E-state index is 0.119. The smallest absolute Gasteiger partial charge is 0.225 e. The Labute approximate surface area is 99.0 Å². The van der Waals surface area contributed by atoms with Gasteiger partial charge in [-0.05, 0) is 6.07 Å². The summed E-state index contributed by atoms with van der Waals surface area (Å²) in [6, 6.07) is 7.84. The highest BCUT2D eigenvalue weighted by Crippen LogP contribution is 2.20. The first-order valence-electron chi connectivity index (χ1n) is 5.78. The summed E-state index contributed by atoms with van der Waals surface area (Å²) in [5.74, 6) is 0.252. The van der Waals surface area contributed by atoms with Crippen molar-refractivity contribution in [2.75, 3.05) is 13.1 Å². The molecule has 1 aliphatic heterocycles. The molecule has 0 aliphatic carbocycles. The summed E-state index contributed by atoms with van der Waals surface area (Å²) in [7, 11) is 0. The molecular weight excluding hydrogens is 216 g/mol. The highest BCUT2D eigenvalue weighted by atomic mass is 16.3. The molecule has 17 heavy (non-hydrogen) atoms. The number of hydrogen-bond acceptors (Lipinski definition) is 3. The molecule has 2 aromatic rings. The zero-order chi connectivity index (χ0) is 11.7. The predicted octanol–water partition coefficient (Wildman–Crippen LogP) is 1.27. The zero-order valence-electron chi connectivity index (χ0n) is 9.40. The monoisotopic (exact) mass is 230 g/mol. The molecule has 2 heterocycles. The van der Waals surface area contributed by atoms with E-state index in [0.29, 0.717) is 6.54 Å². The Morgan fingerprint density at radius 3 is 3.00 bits per heavy atom. The highest BCUT2D eigenvalue weighted by molar-refractivity contribution is 5.83. The number of para-hydroxylation sites is 1. The van der Waals surface area contributed by atoms with Gasteiger partial charge in [0.15, 0.2) is 0 Å². The van der Waals surface area contributed by atoms with Crippen molar-refractivity contribution < 1.29 is 9.21 Å². The summed E-state index contributed by atoms with van der Waals surface area (Å²) in [5.41, 5.74) is 1.89. The van der Waals surface area contributed by atoms with Crippen LogP contribution in [-0.4, -0.2) is 19.0 Å². The van der Waals surface area contributed by atoms with Gasteiger partial charge in [0.25, 0.3) is 0 Å². The fraction of sp³-hybridized carbons (Fsp3) is 0.308. The van der Waals surface area contributed by atoms with Gasteiger partial charge in [-0.2, -0.15) is 0 Å². The molecule has 4 heteroatoms. The predicted molar refractivity (Wildman–Crippen MR) is 64.4 cm³/mol. The van der Waals surface area contributed by atoms with E-state index in [1.54, 1.807) is 6.26 Å². The molecule has 0 unspecified atom stereocenters. The van der Waals surface area contributed by atoms with Gasteiger partial charge in [-0.15, -0.1) is 0 Å². The van der Waals surface area contributed by atoms with Crippen LogP contribution in [0.3, 0.4) is 0 Å². The Bertz CT molecular complexity index is 543. The number of rotatable bonds is 3. The van der Waals surface area contributed by atoms with Crippen molar-refractivity contribution in [1.29, 1.82) is 0 Å². The molecule has 1 aliphatic rings. The van der Waals surface area contributed by atoms with Gasteiger partial charge in [0.05, 0.1) is 12.2 Å². The summed E-state index contributed by atoms with van der Waals surface area (Å²) >= 11 is 0. The molecule has 2 N–H and O–H groups in total. The van der Waals surface area contributed by atoms with Gasteiger partial charge < -0.3 is 15.1 Å². The maximum Gasteiger partial charge on any atom is 0.225 e. The van der Waals surface area contributed by atoms with E-state index in [-0.39, 0.29) is 11.8 Å².